The van der Waals surface area contributed by atoms with Crippen LogP contribution >= 0.6 is 0 Å². The van der Waals surface area contributed by atoms with Crippen LogP contribution in [-0.4, -0.2) is 61.6 Å². The van der Waals surface area contributed by atoms with Crippen molar-refractivity contribution in [1.82, 2.24) is 15.1 Å². The number of nitrogens with zero attached hydrogens (tertiary/aromatic N) is 3. The van der Waals surface area contributed by atoms with Gasteiger partial charge in [-0.25, -0.2) is 0 Å². The summed E-state index contributed by atoms with van der Waals surface area (Å²) in [6.07, 6.45) is 5.64. The number of likely N-dealkylation sites (tertiary alicyclic amines) is 1. The predicted molar refractivity (Wildman–Crippen MR) is 86.2 cm³/mol. The molecule has 0 bridgehead atoms. The summed E-state index contributed by atoms with van der Waals surface area (Å²) in [6.45, 7) is 12.4. The average Bonchev–Trinajstić information content (AvgIpc) is 2.86. The van der Waals surface area contributed by atoms with Gasteiger partial charge < -0.3 is 10.2 Å². The SMILES string of the molecule is CCN(CC)C(C)CNC(=NC)N1CCC2(CCC2)C1. The Kier molecular flexibility index (Phi) is 5.30. The van der Waals surface area contributed by atoms with Gasteiger partial charge in [0, 0.05) is 32.7 Å². The number of likely N-dealkylation sites (N-methyl/N-ethyl adjacent to an activating group) is 1. The van der Waals surface area contributed by atoms with Crippen LogP contribution in [0.1, 0.15) is 46.5 Å². The minimum absolute atomic E-state index is 0.557. The molecular weight excluding hydrogens is 248 g/mol. The van der Waals surface area contributed by atoms with Gasteiger partial charge in [-0.2, -0.15) is 0 Å². The Balaban J connectivity index is 1.81. The molecule has 20 heavy (non-hydrogen) atoms. The molecule has 1 saturated carbocycles. The van der Waals surface area contributed by atoms with Crippen LogP contribution in [0, 0.1) is 5.41 Å². The summed E-state index contributed by atoms with van der Waals surface area (Å²) in [7, 11) is 1.91. The van der Waals surface area contributed by atoms with Crippen LogP contribution in [-0.2, 0) is 0 Å². The number of nitrogens with one attached hydrogen (secondary N) is 1. The highest BCUT2D eigenvalue weighted by Gasteiger charge is 2.43. The van der Waals surface area contributed by atoms with E-state index < -0.39 is 0 Å². The fourth-order valence-corrected chi connectivity index (χ4v) is 3.75. The number of aliphatic imine (C=N–C) groups is 1. The lowest BCUT2D eigenvalue weighted by molar-refractivity contribution is 0.151. The van der Waals surface area contributed by atoms with E-state index in [-0.39, 0.29) is 0 Å². The first-order valence-corrected chi connectivity index (χ1v) is 8.34. The quantitative estimate of drug-likeness (QED) is 0.618. The van der Waals surface area contributed by atoms with Gasteiger partial charge in [-0.15, -0.1) is 0 Å². The Hall–Kier alpha value is -0.770. The number of rotatable bonds is 5. The molecule has 1 aliphatic carbocycles. The first kappa shape index (κ1) is 15.6. The van der Waals surface area contributed by atoms with Crippen LogP contribution in [0.3, 0.4) is 0 Å². The van der Waals surface area contributed by atoms with Crippen molar-refractivity contribution in [3.63, 3.8) is 0 Å². The number of guanidine groups is 1. The molecule has 4 nitrogen and oxygen atoms in total. The zero-order valence-electron chi connectivity index (χ0n) is 13.8. The zero-order valence-corrected chi connectivity index (χ0v) is 13.8. The third kappa shape index (κ3) is 3.27. The Morgan fingerprint density at radius 1 is 1.30 bits per heavy atom. The summed E-state index contributed by atoms with van der Waals surface area (Å²) in [5.41, 5.74) is 0.641. The van der Waals surface area contributed by atoms with Crippen molar-refractivity contribution in [2.75, 3.05) is 39.8 Å². The Morgan fingerprint density at radius 2 is 2.00 bits per heavy atom. The lowest BCUT2D eigenvalue weighted by Crippen LogP contribution is -2.47. The van der Waals surface area contributed by atoms with Gasteiger partial charge in [0.1, 0.15) is 0 Å². The highest BCUT2D eigenvalue weighted by atomic mass is 15.3. The maximum absolute atomic E-state index is 4.49. The van der Waals surface area contributed by atoms with Crippen molar-refractivity contribution in [2.45, 2.75) is 52.5 Å². The third-order valence-electron chi connectivity index (χ3n) is 5.36. The van der Waals surface area contributed by atoms with E-state index in [1.807, 2.05) is 7.05 Å². The van der Waals surface area contributed by atoms with Crippen LogP contribution in [0.4, 0.5) is 0 Å². The fraction of sp³-hybridized carbons (Fsp3) is 0.938. The Bertz CT molecular complexity index is 331. The molecule has 1 aliphatic heterocycles. The second-order valence-electron chi connectivity index (χ2n) is 6.52. The van der Waals surface area contributed by atoms with Crippen LogP contribution < -0.4 is 5.32 Å². The molecule has 2 rings (SSSR count). The monoisotopic (exact) mass is 280 g/mol. The minimum atomic E-state index is 0.557. The molecule has 1 saturated heterocycles. The molecule has 1 atom stereocenters. The summed E-state index contributed by atoms with van der Waals surface area (Å²) in [6, 6.07) is 0.557. The minimum Gasteiger partial charge on any atom is -0.355 e. The van der Waals surface area contributed by atoms with Gasteiger partial charge in [-0.05, 0) is 44.7 Å². The van der Waals surface area contributed by atoms with E-state index in [2.05, 4.69) is 40.9 Å². The van der Waals surface area contributed by atoms with Gasteiger partial charge in [0.05, 0.1) is 0 Å². The normalized spacial score (nSPS) is 23.2. The molecule has 0 aromatic rings. The van der Waals surface area contributed by atoms with E-state index in [1.54, 1.807) is 0 Å². The van der Waals surface area contributed by atoms with E-state index >= 15 is 0 Å². The lowest BCUT2D eigenvalue weighted by atomic mass is 9.68. The third-order valence-corrected chi connectivity index (χ3v) is 5.36. The van der Waals surface area contributed by atoms with E-state index in [0.29, 0.717) is 11.5 Å². The van der Waals surface area contributed by atoms with E-state index in [4.69, 9.17) is 0 Å². The maximum atomic E-state index is 4.49. The molecule has 2 fully saturated rings. The molecule has 1 spiro atoms. The van der Waals surface area contributed by atoms with Crippen LogP contribution in [0.5, 0.6) is 0 Å². The lowest BCUT2D eigenvalue weighted by Gasteiger charge is -2.38. The Labute approximate surface area is 124 Å². The molecule has 0 aromatic carbocycles. The van der Waals surface area contributed by atoms with Crippen molar-refractivity contribution < 1.29 is 0 Å². The molecule has 0 amide bonds. The fourth-order valence-electron chi connectivity index (χ4n) is 3.75. The van der Waals surface area contributed by atoms with E-state index in [0.717, 1.165) is 25.6 Å². The maximum Gasteiger partial charge on any atom is 0.193 e. The van der Waals surface area contributed by atoms with Gasteiger partial charge in [0.15, 0.2) is 5.96 Å². The van der Waals surface area contributed by atoms with E-state index in [1.165, 1.54) is 38.8 Å². The average molecular weight is 280 g/mol. The Morgan fingerprint density at radius 3 is 2.45 bits per heavy atom. The summed E-state index contributed by atoms with van der Waals surface area (Å²) in [5.74, 6) is 1.10. The molecule has 116 valence electrons. The molecule has 1 heterocycles. The van der Waals surface area contributed by atoms with Crippen molar-refractivity contribution in [1.29, 1.82) is 0 Å². The van der Waals surface area contributed by atoms with E-state index in [9.17, 15) is 0 Å². The van der Waals surface area contributed by atoms with Gasteiger partial charge >= 0.3 is 0 Å². The van der Waals surface area contributed by atoms with Gasteiger partial charge in [-0.1, -0.05) is 20.3 Å². The van der Waals surface area contributed by atoms with Crippen LogP contribution in [0.25, 0.3) is 0 Å². The second kappa shape index (κ2) is 6.79. The molecule has 2 aliphatic rings. The summed E-state index contributed by atoms with van der Waals surface area (Å²) in [5, 5.41) is 3.58. The standard InChI is InChI=1S/C16H32N4/c1-5-19(6-2)14(3)12-18-15(17-4)20-11-10-16(13-20)8-7-9-16/h14H,5-13H2,1-4H3,(H,17,18). The van der Waals surface area contributed by atoms with Gasteiger partial charge in [-0.3, -0.25) is 9.89 Å². The number of hydrogen-bond acceptors (Lipinski definition) is 2. The summed E-state index contributed by atoms with van der Waals surface area (Å²) >= 11 is 0. The first-order valence-electron chi connectivity index (χ1n) is 8.34. The zero-order chi connectivity index (χ0) is 14.6. The molecule has 1 N–H and O–H groups in total. The predicted octanol–water partition coefficient (Wildman–Crippen LogP) is 2.17. The second-order valence-corrected chi connectivity index (χ2v) is 6.52. The van der Waals surface area contributed by atoms with Crippen LogP contribution in [0.15, 0.2) is 4.99 Å². The van der Waals surface area contributed by atoms with Gasteiger partial charge in [0.25, 0.3) is 0 Å². The van der Waals surface area contributed by atoms with Crippen molar-refractivity contribution in [3.05, 3.63) is 0 Å². The topological polar surface area (TPSA) is 30.9 Å². The highest BCUT2D eigenvalue weighted by molar-refractivity contribution is 5.80. The summed E-state index contributed by atoms with van der Waals surface area (Å²) in [4.78, 5) is 9.44. The van der Waals surface area contributed by atoms with Crippen molar-refractivity contribution in [3.8, 4) is 0 Å². The molecule has 0 aromatic heterocycles. The first-order chi connectivity index (χ1) is 9.64. The van der Waals surface area contributed by atoms with Gasteiger partial charge in [0.2, 0.25) is 0 Å². The molecule has 1 unspecified atom stereocenters. The molecule has 0 radical (unpaired) electrons. The van der Waals surface area contributed by atoms with Crippen molar-refractivity contribution >= 4 is 5.96 Å². The molecular formula is C16H32N4. The molecule has 4 heteroatoms. The number of hydrogen-bond donors (Lipinski definition) is 1. The highest BCUT2D eigenvalue weighted by Crippen LogP contribution is 2.47. The smallest absolute Gasteiger partial charge is 0.193 e. The van der Waals surface area contributed by atoms with Crippen molar-refractivity contribution in [2.24, 2.45) is 10.4 Å². The summed E-state index contributed by atoms with van der Waals surface area (Å²) < 4.78 is 0. The van der Waals surface area contributed by atoms with Crippen LogP contribution in [0.2, 0.25) is 0 Å². The largest absolute Gasteiger partial charge is 0.355 e.